The van der Waals surface area contributed by atoms with E-state index in [4.69, 9.17) is 0 Å². The van der Waals surface area contributed by atoms with Gasteiger partial charge in [-0.25, -0.2) is 0 Å². The molecular formula is C38H20N2. The summed E-state index contributed by atoms with van der Waals surface area (Å²) < 4.78 is 0. The van der Waals surface area contributed by atoms with E-state index in [2.05, 4.69) is 111 Å². The van der Waals surface area contributed by atoms with Crippen molar-refractivity contribution in [3.05, 3.63) is 107 Å². The highest BCUT2D eigenvalue weighted by Crippen LogP contribution is 2.48. The van der Waals surface area contributed by atoms with Gasteiger partial charge in [-0.15, -0.1) is 0 Å². The molecule has 0 radical (unpaired) electrons. The van der Waals surface area contributed by atoms with Crippen molar-refractivity contribution in [2.45, 2.75) is 13.8 Å². The van der Waals surface area contributed by atoms with Gasteiger partial charge in [-0.2, -0.15) is 10.5 Å². The van der Waals surface area contributed by atoms with Crippen LogP contribution in [-0.2, 0) is 0 Å². The maximum atomic E-state index is 10.7. The van der Waals surface area contributed by atoms with E-state index in [0.29, 0.717) is 11.1 Å². The van der Waals surface area contributed by atoms with Crippen LogP contribution in [0.2, 0.25) is 0 Å². The predicted octanol–water partition coefficient (Wildman–Crippen LogP) is 10.1. The molecule has 0 bridgehead atoms. The Bertz CT molecular complexity index is 2670. The first-order valence-corrected chi connectivity index (χ1v) is 13.6. The minimum absolute atomic E-state index is 0.653. The zero-order chi connectivity index (χ0) is 26.9. The lowest BCUT2D eigenvalue weighted by Gasteiger charge is -2.09. The maximum Gasteiger partial charge on any atom is 0.100 e. The Morgan fingerprint density at radius 1 is 0.400 bits per heavy atom. The maximum absolute atomic E-state index is 10.7. The largest absolute Gasteiger partial charge is 0.192 e. The molecule has 0 spiro atoms. The second-order valence-electron chi connectivity index (χ2n) is 11.3. The van der Waals surface area contributed by atoms with Gasteiger partial charge in [-0.1, -0.05) is 66.7 Å². The highest BCUT2D eigenvalue weighted by atomic mass is 14.3. The molecule has 9 aromatic carbocycles. The van der Waals surface area contributed by atoms with Gasteiger partial charge in [0.1, 0.15) is 12.1 Å². The minimum atomic E-state index is 0.653. The number of rotatable bonds is 0. The fourth-order valence-electron chi connectivity index (χ4n) is 7.56. The number of aryl methyl sites for hydroxylation is 2. The predicted molar refractivity (Wildman–Crippen MR) is 168 cm³/mol. The smallest absolute Gasteiger partial charge is 0.100 e. The average Bonchev–Trinajstić information content (AvgIpc) is 3.44. The Morgan fingerprint density at radius 3 is 1.57 bits per heavy atom. The van der Waals surface area contributed by atoms with E-state index < -0.39 is 0 Å². The van der Waals surface area contributed by atoms with Crippen molar-refractivity contribution in [3.63, 3.8) is 0 Å². The molecule has 0 aromatic heterocycles. The fraction of sp³-hybridized carbons (Fsp3) is 0.0526. The van der Waals surface area contributed by atoms with E-state index in [-0.39, 0.29) is 0 Å². The summed E-state index contributed by atoms with van der Waals surface area (Å²) in [4.78, 5) is 0. The van der Waals surface area contributed by atoms with Gasteiger partial charge in [0.2, 0.25) is 0 Å². The Kier molecular flexibility index (Phi) is 3.84. The fourth-order valence-corrected chi connectivity index (χ4v) is 7.56. The lowest BCUT2D eigenvalue weighted by atomic mass is 9.91. The highest BCUT2D eigenvalue weighted by Gasteiger charge is 2.24. The Balaban J connectivity index is 1.60. The number of nitriles is 2. The third kappa shape index (κ3) is 2.43. The Morgan fingerprint density at radius 2 is 0.950 bits per heavy atom. The molecule has 9 aromatic rings. The van der Waals surface area contributed by atoms with Gasteiger partial charge < -0.3 is 0 Å². The monoisotopic (exact) mass is 504 g/mol. The first kappa shape index (κ1) is 21.5. The summed E-state index contributed by atoms with van der Waals surface area (Å²) in [5.41, 5.74) is 3.61. The summed E-state index contributed by atoms with van der Waals surface area (Å²) >= 11 is 0. The summed E-state index contributed by atoms with van der Waals surface area (Å²) in [7, 11) is 0. The van der Waals surface area contributed by atoms with Gasteiger partial charge in [0.15, 0.2) is 0 Å². The van der Waals surface area contributed by atoms with E-state index >= 15 is 0 Å². The van der Waals surface area contributed by atoms with Crippen LogP contribution in [0.3, 0.4) is 0 Å². The van der Waals surface area contributed by atoms with Crippen LogP contribution >= 0.6 is 0 Å². The molecule has 0 aliphatic rings. The lowest BCUT2D eigenvalue weighted by molar-refractivity contribution is 1.50. The molecule has 0 aliphatic heterocycles. The van der Waals surface area contributed by atoms with Gasteiger partial charge in [0, 0.05) is 21.5 Å². The van der Waals surface area contributed by atoms with E-state index in [1.54, 1.807) is 0 Å². The molecule has 182 valence electrons. The molecule has 2 heteroatoms. The van der Waals surface area contributed by atoms with E-state index in [9.17, 15) is 10.5 Å². The van der Waals surface area contributed by atoms with Gasteiger partial charge in [0.05, 0.1) is 11.1 Å². The van der Waals surface area contributed by atoms with Gasteiger partial charge in [-0.05, 0) is 108 Å². The van der Waals surface area contributed by atoms with E-state index in [0.717, 1.165) is 65.0 Å². The average molecular weight is 505 g/mol. The molecule has 0 amide bonds. The molecular weight excluding hydrogens is 484 g/mol. The van der Waals surface area contributed by atoms with Crippen molar-refractivity contribution >= 4 is 86.2 Å². The first-order valence-electron chi connectivity index (χ1n) is 13.6. The first-order chi connectivity index (χ1) is 19.6. The normalized spacial score (nSPS) is 12.2. The van der Waals surface area contributed by atoms with Gasteiger partial charge in [0.25, 0.3) is 0 Å². The van der Waals surface area contributed by atoms with Gasteiger partial charge in [-0.3, -0.25) is 0 Å². The molecule has 9 rings (SSSR count). The van der Waals surface area contributed by atoms with E-state index in [1.807, 2.05) is 0 Å². The van der Waals surface area contributed by atoms with Crippen LogP contribution in [0, 0.1) is 36.5 Å². The topological polar surface area (TPSA) is 47.6 Å². The van der Waals surface area contributed by atoms with Gasteiger partial charge >= 0.3 is 0 Å². The molecule has 0 N–H and O–H groups in total. The number of hydrogen-bond donors (Lipinski definition) is 0. The van der Waals surface area contributed by atoms with Crippen molar-refractivity contribution < 1.29 is 0 Å². The zero-order valence-corrected chi connectivity index (χ0v) is 22.0. The highest BCUT2D eigenvalue weighted by molar-refractivity contribution is 6.39. The molecule has 0 atom stereocenters. The number of nitrogens with zero attached hydrogens (tertiary/aromatic N) is 2. The minimum Gasteiger partial charge on any atom is -0.192 e. The molecule has 0 heterocycles. The van der Waals surface area contributed by atoms with Crippen LogP contribution < -0.4 is 0 Å². The van der Waals surface area contributed by atoms with Crippen LogP contribution in [0.5, 0.6) is 0 Å². The second-order valence-corrected chi connectivity index (χ2v) is 11.3. The molecule has 40 heavy (non-hydrogen) atoms. The third-order valence-electron chi connectivity index (χ3n) is 9.01. The number of hydrogen-bond acceptors (Lipinski definition) is 2. The number of benzene rings is 7. The molecule has 0 aliphatic carbocycles. The van der Waals surface area contributed by atoms with Crippen molar-refractivity contribution in [3.8, 4) is 12.1 Å². The summed E-state index contributed by atoms with van der Waals surface area (Å²) in [6.45, 7) is 4.20. The molecule has 0 saturated carbocycles. The van der Waals surface area contributed by atoms with Crippen LogP contribution in [-0.4, -0.2) is 0 Å². The zero-order valence-electron chi connectivity index (χ0n) is 22.0. The summed E-state index contributed by atoms with van der Waals surface area (Å²) in [5.74, 6) is 0. The van der Waals surface area contributed by atoms with Crippen molar-refractivity contribution in [2.75, 3.05) is 0 Å². The summed E-state index contributed by atoms with van der Waals surface area (Å²) in [6.07, 6.45) is 0. The third-order valence-corrected chi connectivity index (χ3v) is 9.01. The molecule has 2 nitrogen and oxygen atoms in total. The second kappa shape index (κ2) is 7.15. The van der Waals surface area contributed by atoms with Crippen LogP contribution in [0.25, 0.3) is 86.2 Å². The quantitative estimate of drug-likeness (QED) is 0.193. The summed E-state index contributed by atoms with van der Waals surface area (Å²) in [6, 6.07) is 35.6. The van der Waals surface area contributed by atoms with Crippen LogP contribution in [0.15, 0.2) is 84.9 Å². The lowest BCUT2D eigenvalue weighted by Crippen LogP contribution is -1.88. The van der Waals surface area contributed by atoms with Crippen molar-refractivity contribution in [2.24, 2.45) is 0 Å². The van der Waals surface area contributed by atoms with Crippen LogP contribution in [0.4, 0.5) is 0 Å². The Hall–Kier alpha value is -5.44. The standard InChI is InChI=1S/C38H20N2/c1-19-10-22-11-20(2)13-32-35(22)31(12-19)37-33(17-39)28-15-26-25-9-5-8-24-23-7-4-3-6-21(23)14-30(36(24)25)27(26)16-29(28)34(18-40)38(32)37/h3-16H,1-2H3. The summed E-state index contributed by atoms with van der Waals surface area (Å²) in [5, 5.41) is 38.9. The van der Waals surface area contributed by atoms with Crippen molar-refractivity contribution in [1.82, 2.24) is 0 Å². The number of fused-ring (bicyclic) bond motifs is 9. The van der Waals surface area contributed by atoms with Crippen molar-refractivity contribution in [1.29, 1.82) is 10.5 Å². The Labute approximate surface area is 229 Å². The molecule has 0 unspecified atom stereocenters. The SMILES string of the molecule is Cc1cc2cc(C)cc3c4c(C#N)c5cc6c(cc5c(C#N)c4c(c1)c23)c1cccc2c3ccccc3cc6c21. The van der Waals surface area contributed by atoms with Crippen LogP contribution in [0.1, 0.15) is 22.3 Å². The molecule has 0 saturated heterocycles. The van der Waals surface area contributed by atoms with E-state index in [1.165, 1.54) is 32.3 Å². The molecule has 0 fully saturated rings.